The number of thiazole rings is 2. The maximum atomic E-state index is 12.8. The van der Waals surface area contributed by atoms with Crippen molar-refractivity contribution in [1.29, 1.82) is 0 Å². The van der Waals surface area contributed by atoms with Gasteiger partial charge in [0.2, 0.25) is 0 Å². The van der Waals surface area contributed by atoms with Crippen LogP contribution in [0.1, 0.15) is 5.01 Å². The van der Waals surface area contributed by atoms with Gasteiger partial charge in [0.15, 0.2) is 0 Å². The molecule has 29 heavy (non-hydrogen) atoms. The van der Waals surface area contributed by atoms with Gasteiger partial charge in [0, 0.05) is 17.4 Å². The number of fused-ring (bicyclic) bond motifs is 2. The molecule has 9 heteroatoms. The maximum Gasteiger partial charge on any atom is 0.261 e. The third-order valence-corrected chi connectivity index (χ3v) is 7.67. The summed E-state index contributed by atoms with van der Waals surface area (Å²) in [6.07, 6.45) is 1.74. The lowest BCUT2D eigenvalue weighted by Crippen LogP contribution is -2.12. The quantitative estimate of drug-likeness (QED) is 0.423. The number of hydrogen-bond donors (Lipinski definition) is 1. The highest BCUT2D eigenvalue weighted by atomic mass is 32.2. The molecule has 0 unspecified atom stereocenters. The molecule has 0 aliphatic rings. The van der Waals surface area contributed by atoms with E-state index in [0.717, 1.165) is 36.1 Å². The van der Waals surface area contributed by atoms with Gasteiger partial charge in [-0.2, -0.15) is 0 Å². The van der Waals surface area contributed by atoms with Crippen molar-refractivity contribution >= 4 is 58.9 Å². The third kappa shape index (κ3) is 3.48. The van der Waals surface area contributed by atoms with Crippen molar-refractivity contribution in [3.05, 3.63) is 65.8 Å². The van der Waals surface area contributed by atoms with Crippen LogP contribution in [0.15, 0.2) is 65.7 Å². The Hall–Kier alpha value is -2.88. The van der Waals surface area contributed by atoms with E-state index in [0.29, 0.717) is 5.69 Å². The molecule has 6 nitrogen and oxygen atoms in total. The van der Waals surface area contributed by atoms with E-state index in [4.69, 9.17) is 0 Å². The molecule has 5 aromatic rings. The second kappa shape index (κ2) is 6.87. The number of anilines is 1. The summed E-state index contributed by atoms with van der Waals surface area (Å²) in [4.78, 5) is 14.4. The Morgan fingerprint density at radius 3 is 2.55 bits per heavy atom. The molecule has 0 atom stereocenters. The second-order valence-corrected chi connectivity index (χ2v) is 10.3. The zero-order valence-electron chi connectivity index (χ0n) is 15.2. The van der Waals surface area contributed by atoms with Crippen LogP contribution in [-0.2, 0) is 10.0 Å². The molecule has 0 radical (unpaired) electrons. The Morgan fingerprint density at radius 1 is 0.931 bits per heavy atom. The van der Waals surface area contributed by atoms with E-state index >= 15 is 0 Å². The molecule has 5 rings (SSSR count). The summed E-state index contributed by atoms with van der Waals surface area (Å²) < 4.78 is 29.0. The minimum absolute atomic E-state index is 0.218. The Morgan fingerprint density at radius 2 is 1.76 bits per heavy atom. The van der Waals surface area contributed by atoms with E-state index in [1.54, 1.807) is 36.5 Å². The number of nitrogens with zero attached hydrogens (tertiary/aromatic N) is 3. The van der Waals surface area contributed by atoms with Crippen molar-refractivity contribution in [3.8, 4) is 10.6 Å². The van der Waals surface area contributed by atoms with Crippen molar-refractivity contribution < 1.29 is 8.42 Å². The molecule has 1 N–H and O–H groups in total. The highest BCUT2D eigenvalue weighted by Gasteiger charge is 2.16. The van der Waals surface area contributed by atoms with Crippen LogP contribution in [0, 0.1) is 6.92 Å². The lowest BCUT2D eigenvalue weighted by Gasteiger charge is -2.08. The predicted octanol–water partition coefficient (Wildman–Crippen LogP) is 5.08. The van der Waals surface area contributed by atoms with Crippen LogP contribution in [0.25, 0.3) is 31.1 Å². The molecule has 2 aromatic carbocycles. The van der Waals surface area contributed by atoms with Gasteiger partial charge in [-0.3, -0.25) is 4.72 Å². The molecule has 0 aliphatic carbocycles. The van der Waals surface area contributed by atoms with Crippen LogP contribution in [0.5, 0.6) is 0 Å². The molecule has 0 aliphatic heterocycles. The summed E-state index contributed by atoms with van der Waals surface area (Å²) in [7, 11) is -3.69. The van der Waals surface area contributed by atoms with Gasteiger partial charge >= 0.3 is 0 Å². The van der Waals surface area contributed by atoms with Gasteiger partial charge < -0.3 is 0 Å². The molecule has 0 amide bonds. The first-order valence-corrected chi connectivity index (χ1v) is 11.8. The van der Waals surface area contributed by atoms with E-state index in [-0.39, 0.29) is 4.90 Å². The average Bonchev–Trinajstić information content (AvgIpc) is 3.30. The summed E-state index contributed by atoms with van der Waals surface area (Å²) in [5.41, 5.74) is 3.07. The highest BCUT2D eigenvalue weighted by molar-refractivity contribution is 7.92. The number of aromatic nitrogens is 3. The predicted molar refractivity (Wildman–Crippen MR) is 118 cm³/mol. The number of rotatable bonds is 4. The number of pyridine rings is 1. The van der Waals surface area contributed by atoms with Crippen molar-refractivity contribution in [2.75, 3.05) is 4.72 Å². The van der Waals surface area contributed by atoms with E-state index in [1.807, 2.05) is 31.2 Å². The molecule has 0 saturated heterocycles. The van der Waals surface area contributed by atoms with Crippen LogP contribution < -0.4 is 4.72 Å². The summed E-state index contributed by atoms with van der Waals surface area (Å²) in [5, 5.41) is 1.75. The monoisotopic (exact) mass is 438 g/mol. The first-order chi connectivity index (χ1) is 14.0. The Bertz CT molecular complexity index is 1420. The highest BCUT2D eigenvalue weighted by Crippen LogP contribution is 2.30. The fraction of sp³-hybridized carbons (Fsp3) is 0.0500. The third-order valence-electron chi connectivity index (χ3n) is 4.33. The smallest absolute Gasteiger partial charge is 0.261 e. The van der Waals surface area contributed by atoms with Crippen LogP contribution in [0.2, 0.25) is 0 Å². The zero-order valence-corrected chi connectivity index (χ0v) is 17.6. The molecular weight excluding hydrogens is 424 g/mol. The minimum Gasteiger partial charge on any atom is -0.280 e. The standard InChI is InChI=1S/C20H14N4O2S3/c1-12-22-16-9-8-15(11-18(16)27-12)29(25,26)24-14-6-4-13(5-7-14)19-23-17-3-2-10-21-20(17)28-19/h2-11,24H,1H3. The summed E-state index contributed by atoms with van der Waals surface area (Å²) >= 11 is 2.98. The Labute approximate surface area is 175 Å². The van der Waals surface area contributed by atoms with Gasteiger partial charge in [0.25, 0.3) is 10.0 Å². The zero-order chi connectivity index (χ0) is 20.0. The van der Waals surface area contributed by atoms with Crippen molar-refractivity contribution in [1.82, 2.24) is 15.0 Å². The van der Waals surface area contributed by atoms with Gasteiger partial charge in [0.05, 0.1) is 20.1 Å². The normalized spacial score (nSPS) is 11.9. The van der Waals surface area contributed by atoms with Crippen molar-refractivity contribution in [2.24, 2.45) is 0 Å². The number of sulfonamides is 1. The van der Waals surface area contributed by atoms with Crippen LogP contribution in [0.4, 0.5) is 5.69 Å². The van der Waals surface area contributed by atoms with Crippen LogP contribution >= 0.6 is 22.7 Å². The Kier molecular flexibility index (Phi) is 4.30. The van der Waals surface area contributed by atoms with Gasteiger partial charge in [-0.15, -0.1) is 11.3 Å². The Balaban J connectivity index is 1.41. The van der Waals surface area contributed by atoms with Crippen molar-refractivity contribution in [3.63, 3.8) is 0 Å². The molecule has 0 bridgehead atoms. The number of aryl methyl sites for hydroxylation is 1. The van der Waals surface area contributed by atoms with Gasteiger partial charge in [-0.25, -0.2) is 23.4 Å². The maximum absolute atomic E-state index is 12.8. The first kappa shape index (κ1) is 18.2. The topological polar surface area (TPSA) is 84.8 Å². The fourth-order valence-electron chi connectivity index (χ4n) is 2.98. The molecule has 3 aromatic heterocycles. The lowest BCUT2D eigenvalue weighted by molar-refractivity contribution is 0.601. The van der Waals surface area contributed by atoms with Crippen LogP contribution in [0.3, 0.4) is 0 Å². The largest absolute Gasteiger partial charge is 0.280 e. The number of hydrogen-bond acceptors (Lipinski definition) is 7. The number of benzene rings is 2. The van der Waals surface area contributed by atoms with Gasteiger partial charge in [-0.1, -0.05) is 11.3 Å². The molecule has 144 valence electrons. The molecule has 0 spiro atoms. The van der Waals surface area contributed by atoms with Crippen LogP contribution in [-0.4, -0.2) is 23.4 Å². The van der Waals surface area contributed by atoms with Gasteiger partial charge in [0.1, 0.15) is 15.4 Å². The first-order valence-electron chi connectivity index (χ1n) is 8.70. The number of nitrogens with one attached hydrogen (secondary N) is 1. The summed E-state index contributed by atoms with van der Waals surface area (Å²) in [6.45, 7) is 1.90. The second-order valence-electron chi connectivity index (χ2n) is 6.39. The van der Waals surface area contributed by atoms with Gasteiger partial charge in [-0.05, 0) is 61.5 Å². The van der Waals surface area contributed by atoms with E-state index in [9.17, 15) is 8.42 Å². The molecule has 0 fully saturated rings. The fourth-order valence-corrected chi connectivity index (χ4v) is 5.91. The SMILES string of the molecule is Cc1nc2ccc(S(=O)(=O)Nc3ccc(-c4nc5cccnc5s4)cc3)cc2s1. The minimum atomic E-state index is -3.69. The molecule has 3 heterocycles. The molecular formula is C20H14N4O2S3. The summed E-state index contributed by atoms with van der Waals surface area (Å²) in [6, 6.07) is 15.9. The lowest BCUT2D eigenvalue weighted by atomic mass is 10.2. The van der Waals surface area contributed by atoms with E-state index < -0.39 is 10.0 Å². The van der Waals surface area contributed by atoms with Crippen molar-refractivity contribution in [2.45, 2.75) is 11.8 Å². The molecule has 0 saturated carbocycles. The van der Waals surface area contributed by atoms with E-state index in [2.05, 4.69) is 19.7 Å². The van der Waals surface area contributed by atoms with E-state index in [1.165, 1.54) is 22.7 Å². The summed E-state index contributed by atoms with van der Waals surface area (Å²) in [5.74, 6) is 0. The average molecular weight is 439 g/mol.